The molecule has 0 radical (unpaired) electrons. The molecule has 0 amide bonds. The van der Waals surface area contributed by atoms with E-state index in [1.807, 2.05) is 25.1 Å². The molecule has 4 rings (SSSR count). The minimum Gasteiger partial charge on any atom is -0.467 e. The van der Waals surface area contributed by atoms with Crippen LogP contribution < -0.4 is 5.56 Å². The van der Waals surface area contributed by atoms with Crippen LogP contribution in [0.3, 0.4) is 0 Å². The lowest BCUT2D eigenvalue weighted by atomic mass is 10.0. The normalized spacial score (nSPS) is 12.6. The Morgan fingerprint density at radius 1 is 1.27 bits per heavy atom. The lowest BCUT2D eigenvalue weighted by Gasteiger charge is -2.30. The molecule has 0 spiro atoms. The molecule has 0 aliphatic carbocycles. The number of aromatic amines is 1. The molecule has 0 saturated heterocycles. The van der Waals surface area contributed by atoms with Crippen LogP contribution in [0.15, 0.2) is 45.8 Å². The Morgan fingerprint density at radius 3 is 2.85 bits per heavy atom. The molecule has 0 aliphatic heterocycles. The van der Waals surface area contributed by atoms with Crippen molar-refractivity contribution >= 4 is 10.9 Å². The Hall–Kier alpha value is -3.30. The molecule has 0 bridgehead atoms. The monoisotopic (exact) mass is 450 g/mol. The Labute approximate surface area is 192 Å². The first-order valence-corrected chi connectivity index (χ1v) is 11.3. The fraction of sp³-hybridized carbons (Fsp3) is 0.417. The maximum atomic E-state index is 13.0. The third-order valence-corrected chi connectivity index (χ3v) is 5.92. The van der Waals surface area contributed by atoms with Crippen LogP contribution in [0.1, 0.15) is 54.1 Å². The van der Waals surface area contributed by atoms with Gasteiger partial charge in [0, 0.05) is 25.3 Å². The second-order valence-corrected chi connectivity index (χ2v) is 8.42. The molecule has 9 nitrogen and oxygen atoms in total. The first-order chi connectivity index (χ1) is 16.0. The van der Waals surface area contributed by atoms with Gasteiger partial charge in [-0.3, -0.25) is 9.69 Å². The lowest BCUT2D eigenvalue weighted by Crippen LogP contribution is -2.34. The van der Waals surface area contributed by atoms with Crippen LogP contribution in [0.5, 0.6) is 0 Å². The third kappa shape index (κ3) is 5.04. The largest absolute Gasteiger partial charge is 0.467 e. The average molecular weight is 451 g/mol. The molecule has 0 unspecified atom stereocenters. The van der Waals surface area contributed by atoms with Crippen LogP contribution in [-0.4, -0.2) is 48.3 Å². The van der Waals surface area contributed by atoms with Gasteiger partial charge in [0.2, 0.25) is 0 Å². The number of tetrazole rings is 1. The molecule has 3 heterocycles. The van der Waals surface area contributed by atoms with Gasteiger partial charge in [-0.15, -0.1) is 5.10 Å². The number of aliphatic hydroxyl groups excluding tert-OH is 1. The van der Waals surface area contributed by atoms with Crippen molar-refractivity contribution in [3.05, 3.63) is 75.2 Å². The summed E-state index contributed by atoms with van der Waals surface area (Å²) in [5.74, 6) is 1.47. The summed E-state index contributed by atoms with van der Waals surface area (Å²) in [5.41, 5.74) is 3.64. The van der Waals surface area contributed by atoms with Crippen molar-refractivity contribution in [3.8, 4) is 0 Å². The van der Waals surface area contributed by atoms with Crippen LogP contribution in [0.4, 0.5) is 0 Å². The molecule has 33 heavy (non-hydrogen) atoms. The van der Waals surface area contributed by atoms with Gasteiger partial charge in [0.1, 0.15) is 12.3 Å². The number of hydrogen-bond donors (Lipinski definition) is 2. The first kappa shape index (κ1) is 22.9. The molecule has 0 aliphatic rings. The minimum atomic E-state index is -0.129. The average Bonchev–Trinajstić information content (AvgIpc) is 3.46. The molecule has 0 saturated carbocycles. The summed E-state index contributed by atoms with van der Waals surface area (Å²) in [5, 5.41) is 22.9. The van der Waals surface area contributed by atoms with E-state index < -0.39 is 0 Å². The number of furan rings is 1. The zero-order valence-electron chi connectivity index (χ0n) is 19.3. The van der Waals surface area contributed by atoms with Crippen molar-refractivity contribution in [2.24, 2.45) is 0 Å². The Morgan fingerprint density at radius 2 is 2.12 bits per heavy atom. The number of aryl methyl sites for hydroxylation is 2. The predicted molar refractivity (Wildman–Crippen MR) is 125 cm³/mol. The van der Waals surface area contributed by atoms with E-state index in [9.17, 15) is 9.90 Å². The van der Waals surface area contributed by atoms with Crippen molar-refractivity contribution in [1.82, 2.24) is 30.1 Å². The van der Waals surface area contributed by atoms with Crippen molar-refractivity contribution in [2.75, 3.05) is 13.2 Å². The SMILES string of the molecule is CC[C@@H](c1nnnn1Cc1ccco1)N(CCCO)Cc1cc2cc(C)cc(C)c2[nH]c1=O. The van der Waals surface area contributed by atoms with Crippen LogP contribution in [0.2, 0.25) is 0 Å². The zero-order chi connectivity index (χ0) is 23.4. The molecule has 1 atom stereocenters. The molecule has 1 aromatic carbocycles. The number of nitrogens with zero attached hydrogens (tertiary/aromatic N) is 5. The summed E-state index contributed by atoms with van der Waals surface area (Å²) in [6, 6.07) is 9.71. The van der Waals surface area contributed by atoms with Gasteiger partial charge >= 0.3 is 0 Å². The Bertz CT molecular complexity index is 1260. The van der Waals surface area contributed by atoms with E-state index >= 15 is 0 Å². The smallest absolute Gasteiger partial charge is 0.252 e. The standard InChI is InChI=1S/C24H30N6O3/c1-4-21(23-26-27-28-30(23)15-20-7-5-10-33-20)29(8-6-9-31)14-19-13-18-12-16(2)11-17(3)22(18)25-24(19)32/h5,7,10-13,21,31H,4,6,8-9,14-15H2,1-3H3,(H,25,32)/t21-/m0/s1. The summed E-state index contributed by atoms with van der Waals surface area (Å²) in [6.45, 7) is 7.64. The van der Waals surface area contributed by atoms with E-state index in [-0.39, 0.29) is 18.2 Å². The fourth-order valence-corrected chi connectivity index (χ4v) is 4.40. The number of rotatable bonds is 10. The van der Waals surface area contributed by atoms with Crippen molar-refractivity contribution < 1.29 is 9.52 Å². The van der Waals surface area contributed by atoms with Gasteiger partial charge in [-0.25, -0.2) is 4.68 Å². The van der Waals surface area contributed by atoms with Crippen LogP contribution >= 0.6 is 0 Å². The van der Waals surface area contributed by atoms with Gasteiger partial charge in [-0.05, 0) is 72.3 Å². The molecule has 0 fully saturated rings. The lowest BCUT2D eigenvalue weighted by molar-refractivity contribution is 0.152. The predicted octanol–water partition coefficient (Wildman–Crippen LogP) is 3.11. The van der Waals surface area contributed by atoms with Crippen LogP contribution in [0.25, 0.3) is 10.9 Å². The zero-order valence-corrected chi connectivity index (χ0v) is 19.3. The topological polar surface area (TPSA) is 113 Å². The number of aromatic nitrogens is 5. The van der Waals surface area contributed by atoms with Crippen molar-refractivity contribution in [2.45, 2.75) is 52.7 Å². The van der Waals surface area contributed by atoms with E-state index in [4.69, 9.17) is 4.42 Å². The summed E-state index contributed by atoms with van der Waals surface area (Å²) in [7, 11) is 0. The first-order valence-electron chi connectivity index (χ1n) is 11.3. The molecule has 9 heteroatoms. The Kier molecular flexibility index (Phi) is 7.00. The summed E-state index contributed by atoms with van der Waals surface area (Å²) in [6.07, 6.45) is 2.95. The molecule has 174 valence electrons. The van der Waals surface area contributed by atoms with Crippen LogP contribution in [-0.2, 0) is 13.1 Å². The quantitative estimate of drug-likeness (QED) is 0.382. The second-order valence-electron chi connectivity index (χ2n) is 8.42. The van der Waals surface area contributed by atoms with E-state index in [1.165, 1.54) is 0 Å². The highest BCUT2D eigenvalue weighted by Gasteiger charge is 2.26. The number of aliphatic hydroxyl groups is 1. The van der Waals surface area contributed by atoms with E-state index in [2.05, 4.69) is 51.4 Å². The number of fused-ring (bicyclic) bond motifs is 1. The maximum Gasteiger partial charge on any atom is 0.252 e. The second kappa shape index (κ2) is 10.1. The third-order valence-electron chi connectivity index (χ3n) is 5.92. The fourth-order valence-electron chi connectivity index (χ4n) is 4.40. The van der Waals surface area contributed by atoms with E-state index in [0.717, 1.165) is 34.2 Å². The van der Waals surface area contributed by atoms with Gasteiger partial charge < -0.3 is 14.5 Å². The number of benzene rings is 1. The van der Waals surface area contributed by atoms with E-state index in [0.29, 0.717) is 37.4 Å². The highest BCUT2D eigenvalue weighted by molar-refractivity contribution is 5.82. The summed E-state index contributed by atoms with van der Waals surface area (Å²) >= 11 is 0. The number of H-pyrrole nitrogens is 1. The summed E-state index contributed by atoms with van der Waals surface area (Å²) < 4.78 is 7.20. The Balaban J connectivity index is 1.68. The van der Waals surface area contributed by atoms with E-state index in [1.54, 1.807) is 10.9 Å². The molecular weight excluding hydrogens is 420 g/mol. The number of pyridine rings is 1. The highest BCUT2D eigenvalue weighted by atomic mass is 16.3. The molecular formula is C24H30N6O3. The van der Waals surface area contributed by atoms with Gasteiger partial charge in [-0.1, -0.05) is 18.6 Å². The van der Waals surface area contributed by atoms with Crippen molar-refractivity contribution in [1.29, 1.82) is 0 Å². The maximum absolute atomic E-state index is 13.0. The van der Waals surface area contributed by atoms with Gasteiger partial charge in [0.05, 0.1) is 17.8 Å². The van der Waals surface area contributed by atoms with Gasteiger partial charge in [0.15, 0.2) is 5.82 Å². The molecule has 4 aromatic rings. The van der Waals surface area contributed by atoms with Gasteiger partial charge in [0.25, 0.3) is 5.56 Å². The minimum absolute atomic E-state index is 0.0662. The summed E-state index contributed by atoms with van der Waals surface area (Å²) in [4.78, 5) is 18.2. The number of nitrogens with one attached hydrogen (secondary N) is 1. The molecule has 3 aromatic heterocycles. The van der Waals surface area contributed by atoms with Gasteiger partial charge in [-0.2, -0.15) is 0 Å². The van der Waals surface area contributed by atoms with Crippen molar-refractivity contribution in [3.63, 3.8) is 0 Å². The van der Waals surface area contributed by atoms with Crippen LogP contribution in [0, 0.1) is 13.8 Å². The number of hydrogen-bond acceptors (Lipinski definition) is 7. The highest BCUT2D eigenvalue weighted by Crippen LogP contribution is 2.25. The molecule has 2 N–H and O–H groups in total.